The summed E-state index contributed by atoms with van der Waals surface area (Å²) in [5.74, 6) is -2.51. The number of hydrogen-bond acceptors (Lipinski definition) is 14. The number of hydrogen-bond donors (Lipinski definition) is 4. The normalized spacial score (nSPS) is 17.0. The van der Waals surface area contributed by atoms with Crippen LogP contribution in [0.3, 0.4) is 0 Å². The molecule has 0 unspecified atom stereocenters. The van der Waals surface area contributed by atoms with Gasteiger partial charge >= 0.3 is 17.4 Å². The summed E-state index contributed by atoms with van der Waals surface area (Å²) in [6, 6.07) is 30.9. The van der Waals surface area contributed by atoms with Gasteiger partial charge in [-0.2, -0.15) is 13.2 Å². The fraction of sp³-hybridized carbons (Fsp3) is 0.389. The highest BCUT2D eigenvalue weighted by atomic mass is 35.5. The second-order valence-corrected chi connectivity index (χ2v) is 24.2. The van der Waals surface area contributed by atoms with Crippen molar-refractivity contribution in [2.75, 3.05) is 62.9 Å². The molecular weight excluding hydrogens is 1070 g/mol. The Morgan fingerprint density at radius 3 is 2.20 bits per heavy atom. The molecule has 408 valence electrons. The van der Waals surface area contributed by atoms with Crippen LogP contribution in [0, 0.1) is 5.92 Å². The number of amides is 1. The summed E-state index contributed by atoms with van der Waals surface area (Å²) in [7, 11) is -7.93. The number of carbonyl (C=O) groups excluding carboxylic acids is 2. The van der Waals surface area contributed by atoms with Crippen LogP contribution < -0.4 is 14.9 Å². The van der Waals surface area contributed by atoms with E-state index in [0.29, 0.717) is 63.0 Å². The van der Waals surface area contributed by atoms with E-state index in [1.165, 1.54) is 28.8 Å². The number of piperidine rings is 1. The van der Waals surface area contributed by atoms with Crippen LogP contribution in [-0.2, 0) is 34.2 Å². The van der Waals surface area contributed by atoms with Crippen LogP contribution in [-0.4, -0.2) is 131 Å². The predicted octanol–water partition coefficient (Wildman–Crippen LogP) is 9.13. The van der Waals surface area contributed by atoms with Crippen LogP contribution in [0.5, 0.6) is 0 Å². The molecule has 4 atom stereocenters. The molecular formula is C54H61ClF3N5O10S3. The van der Waals surface area contributed by atoms with Crippen LogP contribution >= 0.6 is 23.4 Å². The first-order chi connectivity index (χ1) is 36.1. The molecule has 1 amide bonds. The number of halogens is 4. The third kappa shape index (κ3) is 14.9. The number of aliphatic hydroxyl groups excluding tert-OH is 1. The Balaban J connectivity index is 1.02. The van der Waals surface area contributed by atoms with Gasteiger partial charge in [-0.1, -0.05) is 66.2 Å². The molecule has 0 bridgehead atoms. The lowest BCUT2D eigenvalue weighted by atomic mass is 9.84. The number of likely N-dealkylation sites (N-methyl/N-ethyl adjacent to an activating group) is 1. The molecule has 7 rings (SSSR count). The van der Waals surface area contributed by atoms with Crippen molar-refractivity contribution in [3.05, 3.63) is 137 Å². The predicted molar refractivity (Wildman–Crippen MR) is 287 cm³/mol. The molecule has 2 aliphatic heterocycles. The van der Waals surface area contributed by atoms with Gasteiger partial charge in [0.25, 0.3) is 25.8 Å². The summed E-state index contributed by atoms with van der Waals surface area (Å²) in [5.41, 5.74) is -2.99. The van der Waals surface area contributed by atoms with E-state index >= 15 is 0 Å². The Morgan fingerprint density at radius 1 is 0.868 bits per heavy atom. The Bertz CT molecular complexity index is 3020. The molecule has 2 aliphatic rings. The van der Waals surface area contributed by atoms with Crippen molar-refractivity contribution in [1.29, 1.82) is 0 Å². The number of esters is 1. The molecule has 0 aromatic heterocycles. The monoisotopic (exact) mass is 1130 g/mol. The minimum atomic E-state index is -6.18. The van der Waals surface area contributed by atoms with Gasteiger partial charge in [0, 0.05) is 65.1 Å². The summed E-state index contributed by atoms with van der Waals surface area (Å²) in [5, 5.41) is 24.6. The average molecular weight is 1130 g/mol. The molecule has 0 aliphatic carbocycles. The fourth-order valence-corrected chi connectivity index (χ4v) is 12.8. The second-order valence-electron chi connectivity index (χ2n) is 19.1. The molecule has 2 saturated heterocycles. The topological polar surface area (TPSA) is 203 Å². The van der Waals surface area contributed by atoms with Crippen molar-refractivity contribution in [3.8, 4) is 11.1 Å². The lowest BCUT2D eigenvalue weighted by Gasteiger charge is -2.36. The molecule has 5 aromatic rings. The first-order valence-electron chi connectivity index (χ1n) is 24.7. The average Bonchev–Trinajstić information content (AvgIpc) is 3.83. The summed E-state index contributed by atoms with van der Waals surface area (Å²) in [6.45, 7) is 2.11. The van der Waals surface area contributed by atoms with E-state index in [9.17, 15) is 54.6 Å². The van der Waals surface area contributed by atoms with Gasteiger partial charge in [0.05, 0.1) is 16.7 Å². The molecule has 4 N–H and O–H groups in total. The zero-order valence-corrected chi connectivity index (χ0v) is 45.1. The highest BCUT2D eigenvalue weighted by Gasteiger charge is 2.49. The van der Waals surface area contributed by atoms with Crippen molar-refractivity contribution in [2.45, 2.75) is 89.4 Å². The SMILES string of the molecule is CN(C)[C@@H](CCC(=O)OCCN1CCC[C@H]1C[C@H](CSc1ccccc1)Nc1ccc(S(=O)(=O)NC(=O)c2ccc(N3CCC([C@@H](O)c4ccccc4-c4ccc(Cl)cc4)CC3)cc2)cc1S(=O)(=O)C(F)(F)F)C(=O)O. The summed E-state index contributed by atoms with van der Waals surface area (Å²) >= 11 is 7.49. The first kappa shape index (κ1) is 58.0. The third-order valence-electron chi connectivity index (χ3n) is 13.8. The number of nitrogens with one attached hydrogen (secondary N) is 2. The van der Waals surface area contributed by atoms with E-state index < -0.39 is 76.9 Å². The highest BCUT2D eigenvalue weighted by molar-refractivity contribution is 7.99. The van der Waals surface area contributed by atoms with Gasteiger partial charge in [0.15, 0.2) is 0 Å². The van der Waals surface area contributed by atoms with Crippen LogP contribution in [0.1, 0.15) is 67.0 Å². The first-order valence-corrected chi connectivity index (χ1v) is 29.1. The number of alkyl halides is 3. The summed E-state index contributed by atoms with van der Waals surface area (Å²) in [6.07, 6.45) is 2.27. The summed E-state index contributed by atoms with van der Waals surface area (Å²) < 4.78 is 105. The number of aliphatic carboxylic acids is 1. The van der Waals surface area contributed by atoms with Gasteiger partial charge in [0.1, 0.15) is 17.5 Å². The Labute approximate surface area is 450 Å². The van der Waals surface area contributed by atoms with Crippen molar-refractivity contribution in [1.82, 2.24) is 14.5 Å². The van der Waals surface area contributed by atoms with Gasteiger partial charge in [-0.05, 0) is 149 Å². The number of carboxylic acid groups (broad SMARTS) is 1. The molecule has 0 spiro atoms. The number of ether oxygens (including phenoxy) is 1. The van der Waals surface area contributed by atoms with Gasteiger partial charge in [0.2, 0.25) is 0 Å². The number of carbonyl (C=O) groups is 3. The Morgan fingerprint density at radius 2 is 1.54 bits per heavy atom. The molecule has 76 heavy (non-hydrogen) atoms. The zero-order chi connectivity index (χ0) is 54.8. The van der Waals surface area contributed by atoms with Crippen molar-refractivity contribution >= 4 is 72.4 Å². The third-order valence-corrected chi connectivity index (χ3v) is 18.1. The minimum absolute atomic E-state index is 0.00740. The molecule has 5 aromatic carbocycles. The maximum atomic E-state index is 14.4. The number of likely N-dealkylation sites (tertiary alicyclic amines) is 1. The number of rotatable bonds is 23. The van der Waals surface area contributed by atoms with E-state index in [-0.39, 0.29) is 42.7 Å². The Hall–Kier alpha value is -5.68. The van der Waals surface area contributed by atoms with E-state index in [4.69, 9.17) is 16.3 Å². The molecule has 2 fully saturated rings. The molecule has 22 heteroatoms. The number of anilines is 2. The quantitative estimate of drug-likeness (QED) is 0.0356. The largest absolute Gasteiger partial charge is 0.501 e. The van der Waals surface area contributed by atoms with Crippen LogP contribution in [0.15, 0.2) is 136 Å². The maximum Gasteiger partial charge on any atom is 0.501 e. The lowest BCUT2D eigenvalue weighted by Crippen LogP contribution is -2.38. The smallest absolute Gasteiger partial charge is 0.480 e. The number of sulfonamides is 1. The Kier molecular flexibility index (Phi) is 19.6. The lowest BCUT2D eigenvalue weighted by molar-refractivity contribution is -0.146. The molecule has 0 saturated carbocycles. The van der Waals surface area contributed by atoms with E-state index in [0.717, 1.165) is 45.8 Å². The van der Waals surface area contributed by atoms with Gasteiger partial charge in [-0.3, -0.25) is 24.2 Å². The van der Waals surface area contributed by atoms with Crippen molar-refractivity contribution in [2.24, 2.45) is 5.92 Å². The van der Waals surface area contributed by atoms with Crippen LogP contribution in [0.25, 0.3) is 11.1 Å². The highest BCUT2D eigenvalue weighted by Crippen LogP contribution is 2.39. The summed E-state index contributed by atoms with van der Waals surface area (Å²) in [4.78, 5) is 41.8. The zero-order valence-electron chi connectivity index (χ0n) is 41.9. The van der Waals surface area contributed by atoms with Gasteiger partial charge < -0.3 is 25.2 Å². The molecule has 0 radical (unpaired) electrons. The van der Waals surface area contributed by atoms with E-state index in [1.807, 2.05) is 71.5 Å². The number of carboxylic acids is 1. The number of nitrogens with zero attached hydrogens (tertiary/aromatic N) is 3. The molecule has 15 nitrogen and oxygen atoms in total. The fourth-order valence-electron chi connectivity index (χ4n) is 9.67. The minimum Gasteiger partial charge on any atom is -0.480 e. The van der Waals surface area contributed by atoms with Crippen molar-refractivity contribution in [3.63, 3.8) is 0 Å². The van der Waals surface area contributed by atoms with E-state index in [2.05, 4.69) is 15.1 Å². The van der Waals surface area contributed by atoms with E-state index in [1.54, 1.807) is 38.4 Å². The number of sulfone groups is 1. The van der Waals surface area contributed by atoms with Gasteiger partial charge in [-0.25, -0.2) is 21.6 Å². The maximum absolute atomic E-state index is 14.4. The van der Waals surface area contributed by atoms with Gasteiger partial charge in [-0.15, -0.1) is 11.8 Å². The van der Waals surface area contributed by atoms with Crippen molar-refractivity contribution < 1.29 is 59.3 Å². The number of thioether (sulfide) groups is 1. The standard InChI is InChI=1S/C54H61ClF3N5O10S3/c1-61(2)48(53(67)68)24-25-50(64)73-32-31-62-28-8-9-42(62)33-40(35-74-43-10-4-3-5-11-43)59-47-23-22-44(34-49(47)75(69,70)54(56,57)58)76(71,72)60-52(66)38-16-20-41(21-17-38)63-29-26-37(27-30-63)51(65)46-13-7-6-12-45(46)36-14-18-39(55)19-15-36/h3-7,10-23,34,37,40,42,48,51,59,65H,8-9,24-33,35H2,1-2H3,(H,60,66)(H,67,68)/t40-,42+,48+,51-/m1/s1. The van der Waals surface area contributed by atoms with Crippen LogP contribution in [0.4, 0.5) is 24.5 Å². The second kappa shape index (κ2) is 25.6. The van der Waals surface area contributed by atoms with Crippen LogP contribution in [0.2, 0.25) is 5.02 Å². The molecule has 2 heterocycles. The number of aliphatic hydroxyl groups is 1. The number of benzene rings is 5.